The van der Waals surface area contributed by atoms with Crippen molar-refractivity contribution in [3.05, 3.63) is 88.1 Å². The van der Waals surface area contributed by atoms with Crippen LogP contribution in [0.3, 0.4) is 0 Å². The number of benzene rings is 2. The fourth-order valence-corrected chi connectivity index (χ4v) is 3.95. The van der Waals surface area contributed by atoms with Gasteiger partial charge in [0.1, 0.15) is 5.03 Å². The third kappa shape index (κ3) is 3.44. The number of carbonyl (C=O) groups excluding carboxylic acids is 3. The van der Waals surface area contributed by atoms with E-state index in [1.807, 2.05) is 0 Å². The Balaban J connectivity index is 1.51. The van der Waals surface area contributed by atoms with Crippen LogP contribution in [0.25, 0.3) is 0 Å². The summed E-state index contributed by atoms with van der Waals surface area (Å²) in [7, 11) is 0. The average molecular weight is 409 g/mol. The number of hydrogen-bond acceptors (Lipinski definition) is 5. The number of thioether (sulfide) groups is 1. The molecule has 5 nitrogen and oxygen atoms in total. The number of aromatic nitrogens is 1. The number of amides is 1. The van der Waals surface area contributed by atoms with E-state index in [4.69, 9.17) is 11.6 Å². The molecule has 1 amide bonds. The van der Waals surface area contributed by atoms with Crippen LogP contribution in [0.5, 0.6) is 0 Å². The monoisotopic (exact) mass is 408 g/mol. The number of pyridine rings is 1. The van der Waals surface area contributed by atoms with Gasteiger partial charge in [-0.05, 0) is 30.3 Å². The van der Waals surface area contributed by atoms with E-state index >= 15 is 0 Å². The molecule has 0 spiro atoms. The third-order valence-electron chi connectivity index (χ3n) is 4.27. The van der Waals surface area contributed by atoms with Crippen LogP contribution in [-0.4, -0.2) is 28.2 Å². The number of hydrogen-bond donors (Lipinski definition) is 1. The van der Waals surface area contributed by atoms with Crippen molar-refractivity contribution in [1.29, 1.82) is 0 Å². The summed E-state index contributed by atoms with van der Waals surface area (Å²) >= 11 is 7.25. The van der Waals surface area contributed by atoms with Gasteiger partial charge < -0.3 is 5.32 Å². The van der Waals surface area contributed by atoms with Gasteiger partial charge in [-0.1, -0.05) is 47.6 Å². The van der Waals surface area contributed by atoms with Crippen molar-refractivity contribution in [2.24, 2.45) is 0 Å². The molecule has 0 aliphatic heterocycles. The number of anilines is 1. The van der Waals surface area contributed by atoms with E-state index in [1.165, 1.54) is 11.8 Å². The molecule has 4 rings (SSSR count). The topological polar surface area (TPSA) is 76.1 Å². The van der Waals surface area contributed by atoms with Crippen LogP contribution in [0.2, 0.25) is 5.02 Å². The van der Waals surface area contributed by atoms with Crippen LogP contribution in [0.1, 0.15) is 31.8 Å². The maximum Gasteiger partial charge on any atom is 0.234 e. The maximum atomic E-state index is 12.7. The zero-order valence-corrected chi connectivity index (χ0v) is 16.0. The summed E-state index contributed by atoms with van der Waals surface area (Å²) in [6, 6.07) is 14.9. The highest BCUT2D eigenvalue weighted by Gasteiger charge is 2.29. The van der Waals surface area contributed by atoms with Crippen LogP contribution in [0.15, 0.2) is 65.8 Å². The lowest BCUT2D eigenvalue weighted by atomic mass is 9.84. The fourth-order valence-electron chi connectivity index (χ4n) is 2.99. The van der Waals surface area contributed by atoms with Crippen LogP contribution in [-0.2, 0) is 4.79 Å². The summed E-state index contributed by atoms with van der Waals surface area (Å²) in [5.41, 5.74) is 1.87. The predicted molar refractivity (Wildman–Crippen MR) is 108 cm³/mol. The predicted octanol–water partition coefficient (Wildman–Crippen LogP) is 4.24. The molecule has 1 N–H and O–H groups in total. The van der Waals surface area contributed by atoms with Crippen molar-refractivity contribution in [2.75, 3.05) is 11.1 Å². The molecule has 0 unspecified atom stereocenters. The van der Waals surface area contributed by atoms with E-state index in [1.54, 1.807) is 60.8 Å². The molecular weight excluding hydrogens is 396 g/mol. The molecule has 0 saturated carbocycles. The van der Waals surface area contributed by atoms with Gasteiger partial charge in [0.15, 0.2) is 11.6 Å². The van der Waals surface area contributed by atoms with Gasteiger partial charge in [-0.25, -0.2) is 4.98 Å². The van der Waals surface area contributed by atoms with Crippen LogP contribution in [0.4, 0.5) is 5.69 Å². The highest BCUT2D eigenvalue weighted by Crippen LogP contribution is 2.29. The van der Waals surface area contributed by atoms with E-state index in [9.17, 15) is 14.4 Å². The minimum Gasteiger partial charge on any atom is -0.325 e. The zero-order chi connectivity index (χ0) is 19.7. The van der Waals surface area contributed by atoms with E-state index in [2.05, 4.69) is 10.3 Å². The van der Waals surface area contributed by atoms with Crippen molar-refractivity contribution >= 4 is 46.5 Å². The van der Waals surface area contributed by atoms with Crippen LogP contribution >= 0.6 is 23.4 Å². The molecule has 1 aliphatic carbocycles. The summed E-state index contributed by atoms with van der Waals surface area (Å²) in [5.74, 6) is -0.565. The first-order valence-electron chi connectivity index (χ1n) is 8.40. The van der Waals surface area contributed by atoms with Crippen LogP contribution in [0, 0.1) is 0 Å². The number of nitrogens with zero attached hydrogens (tertiary/aromatic N) is 1. The van der Waals surface area contributed by atoms with Gasteiger partial charge in [-0.2, -0.15) is 0 Å². The summed E-state index contributed by atoms with van der Waals surface area (Å²) < 4.78 is 0. The largest absolute Gasteiger partial charge is 0.325 e. The Morgan fingerprint density at radius 3 is 2.32 bits per heavy atom. The lowest BCUT2D eigenvalue weighted by Gasteiger charge is -2.18. The second kappa shape index (κ2) is 7.58. The zero-order valence-electron chi connectivity index (χ0n) is 14.4. The van der Waals surface area contributed by atoms with E-state index < -0.39 is 0 Å². The third-order valence-corrected chi connectivity index (χ3v) is 5.70. The number of carbonyl (C=O) groups is 3. The van der Waals surface area contributed by atoms with Crippen LogP contribution < -0.4 is 5.32 Å². The molecule has 1 heterocycles. The minimum atomic E-state index is -0.262. The number of fused-ring (bicyclic) bond motifs is 2. The van der Waals surface area contributed by atoms with Crippen molar-refractivity contribution in [1.82, 2.24) is 4.98 Å². The van der Waals surface area contributed by atoms with E-state index in [0.29, 0.717) is 38.0 Å². The number of ketones is 2. The first kappa shape index (κ1) is 18.4. The molecule has 2 aromatic carbocycles. The fraction of sp³-hybridized carbons (Fsp3) is 0.0476. The Morgan fingerprint density at radius 2 is 1.61 bits per heavy atom. The van der Waals surface area contributed by atoms with Gasteiger partial charge >= 0.3 is 0 Å². The van der Waals surface area contributed by atoms with Crippen molar-refractivity contribution in [3.8, 4) is 0 Å². The Labute approximate surface area is 170 Å². The normalized spacial score (nSPS) is 12.3. The molecule has 1 aromatic heterocycles. The second-order valence-electron chi connectivity index (χ2n) is 6.09. The molecule has 0 radical (unpaired) electrons. The van der Waals surface area contributed by atoms with Gasteiger partial charge in [0.25, 0.3) is 0 Å². The summed E-state index contributed by atoms with van der Waals surface area (Å²) in [6.07, 6.45) is 1.61. The molecule has 3 aromatic rings. The standard InChI is InChI=1S/C21H13ClN2O3S/c22-17-6-3-9-23-21(17)28-11-18(25)24-12-7-8-15-16(10-12)20(27)14-5-2-1-4-13(14)19(15)26/h1-10H,11H2,(H,24,25). The van der Waals surface area contributed by atoms with E-state index in [-0.39, 0.29) is 23.2 Å². The second-order valence-corrected chi connectivity index (χ2v) is 7.46. The Kier molecular flexibility index (Phi) is 4.98. The van der Waals surface area contributed by atoms with Gasteiger partial charge in [0.05, 0.1) is 10.8 Å². The SMILES string of the molecule is O=C(CSc1ncccc1Cl)Nc1ccc2c(c1)C(=O)c1ccccc1C2=O. The smallest absolute Gasteiger partial charge is 0.234 e. The number of nitrogens with one attached hydrogen (secondary N) is 1. The quantitative estimate of drug-likeness (QED) is 0.511. The summed E-state index contributed by atoms with van der Waals surface area (Å²) in [6.45, 7) is 0. The molecule has 0 bridgehead atoms. The summed E-state index contributed by atoms with van der Waals surface area (Å²) in [5, 5.41) is 3.80. The highest BCUT2D eigenvalue weighted by atomic mass is 35.5. The summed E-state index contributed by atoms with van der Waals surface area (Å²) in [4.78, 5) is 41.7. The number of halogens is 1. The molecule has 0 atom stereocenters. The first-order valence-corrected chi connectivity index (χ1v) is 9.76. The van der Waals surface area contributed by atoms with Gasteiger partial charge in [-0.3, -0.25) is 14.4 Å². The maximum absolute atomic E-state index is 12.7. The first-order chi connectivity index (χ1) is 13.5. The molecular formula is C21H13ClN2O3S. The van der Waals surface area contributed by atoms with Gasteiger partial charge in [0.2, 0.25) is 5.91 Å². The Morgan fingerprint density at radius 1 is 0.929 bits per heavy atom. The van der Waals surface area contributed by atoms with E-state index in [0.717, 1.165) is 0 Å². The van der Waals surface area contributed by atoms with Gasteiger partial charge in [-0.15, -0.1) is 0 Å². The Hall–Kier alpha value is -2.96. The molecule has 0 fully saturated rings. The molecule has 28 heavy (non-hydrogen) atoms. The average Bonchev–Trinajstić information content (AvgIpc) is 2.71. The molecule has 0 saturated heterocycles. The van der Waals surface area contributed by atoms with Crippen molar-refractivity contribution in [2.45, 2.75) is 5.03 Å². The lowest BCUT2D eigenvalue weighted by Crippen LogP contribution is -2.21. The number of rotatable bonds is 4. The minimum absolute atomic E-state index is 0.115. The highest BCUT2D eigenvalue weighted by molar-refractivity contribution is 8.00. The lowest BCUT2D eigenvalue weighted by molar-refractivity contribution is -0.113. The molecule has 1 aliphatic rings. The van der Waals surface area contributed by atoms with Gasteiger partial charge in [0, 0.05) is 34.1 Å². The molecule has 7 heteroatoms. The Bertz CT molecular complexity index is 1130. The molecule has 138 valence electrons. The van der Waals surface area contributed by atoms with Crippen molar-refractivity contribution in [3.63, 3.8) is 0 Å². The van der Waals surface area contributed by atoms with Crippen molar-refractivity contribution < 1.29 is 14.4 Å².